The number of alkyl halides is 3. The first-order chi connectivity index (χ1) is 18.6. The molecule has 206 valence electrons. The smallest absolute Gasteiger partial charge is 0.416 e. The van der Waals surface area contributed by atoms with Gasteiger partial charge in [-0.1, -0.05) is 30.3 Å². The minimum atomic E-state index is -4.67. The summed E-state index contributed by atoms with van der Waals surface area (Å²) in [6, 6.07) is 10.6. The number of amides is 4. The Morgan fingerprint density at radius 1 is 1.03 bits per heavy atom. The maximum atomic E-state index is 13.8. The van der Waals surface area contributed by atoms with E-state index in [9.17, 15) is 27.6 Å². The van der Waals surface area contributed by atoms with Gasteiger partial charge in [0.1, 0.15) is 12.3 Å². The normalized spacial score (nSPS) is 19.9. The number of hydrogen-bond acceptors (Lipinski definition) is 5. The third-order valence-corrected chi connectivity index (χ3v) is 7.40. The molecule has 0 spiro atoms. The van der Waals surface area contributed by atoms with Crippen molar-refractivity contribution in [1.29, 1.82) is 0 Å². The van der Waals surface area contributed by atoms with Crippen molar-refractivity contribution >= 4 is 23.5 Å². The number of likely N-dealkylation sites (N-methyl/N-ethyl adjacent to an activating group) is 1. The molecule has 9 nitrogen and oxygen atoms in total. The largest absolute Gasteiger partial charge is 0.495 e. The summed E-state index contributed by atoms with van der Waals surface area (Å²) >= 11 is 0. The second-order valence-electron chi connectivity index (χ2n) is 9.59. The summed E-state index contributed by atoms with van der Waals surface area (Å²) in [6.07, 6.45) is -4.67. The minimum Gasteiger partial charge on any atom is -0.495 e. The van der Waals surface area contributed by atoms with Crippen LogP contribution in [0, 0.1) is 0 Å². The summed E-state index contributed by atoms with van der Waals surface area (Å²) in [5.74, 6) is -0.0950. The molecule has 0 saturated carbocycles. The highest BCUT2D eigenvalue weighted by atomic mass is 19.4. The first-order valence-corrected chi connectivity index (χ1v) is 12.5. The highest BCUT2D eigenvalue weighted by molar-refractivity contribution is 6.03. The molecule has 1 fully saturated rings. The number of para-hydroxylation sites is 2. The SMILES string of the molecule is COc1ccccc1N1CCN(C(=O)CN2CC3=C(C2=O)[C@H](c2ccccc2C(F)(F)F)NC(=O)N3C)CC1. The van der Waals surface area contributed by atoms with Gasteiger partial charge >= 0.3 is 12.2 Å². The standard InChI is InChI=1S/C27H28F3N5O4/c1-32-20-15-35(16-22(36)34-13-11-33(12-14-34)19-9-5-6-10-21(19)39-2)25(37)23(20)24(31-26(32)38)17-7-3-4-8-18(17)27(28,29)30/h3-10,24H,11-16H2,1-2H3,(H,31,38)/t24-/m0/s1. The van der Waals surface area contributed by atoms with Crippen LogP contribution >= 0.6 is 0 Å². The molecule has 0 radical (unpaired) electrons. The Labute approximate surface area is 223 Å². The molecule has 2 aromatic rings. The minimum absolute atomic E-state index is 0.0441. The fraction of sp³-hybridized carbons (Fsp3) is 0.370. The number of piperazine rings is 1. The van der Waals surface area contributed by atoms with Crippen LogP contribution in [0.2, 0.25) is 0 Å². The lowest BCUT2D eigenvalue weighted by Crippen LogP contribution is -2.51. The van der Waals surface area contributed by atoms with Crippen molar-refractivity contribution in [2.75, 3.05) is 58.3 Å². The molecule has 0 bridgehead atoms. The van der Waals surface area contributed by atoms with Crippen LogP contribution in [-0.4, -0.2) is 86.0 Å². The van der Waals surface area contributed by atoms with Crippen molar-refractivity contribution < 1.29 is 32.3 Å². The van der Waals surface area contributed by atoms with Crippen molar-refractivity contribution in [3.8, 4) is 5.75 Å². The Hall–Kier alpha value is -4.22. The number of methoxy groups -OCH3 is 1. The number of carbonyl (C=O) groups excluding carboxylic acids is 3. The lowest BCUT2D eigenvalue weighted by atomic mass is 9.92. The molecular formula is C27H28F3N5O4. The third kappa shape index (κ3) is 4.86. The molecule has 0 aromatic heterocycles. The molecule has 1 saturated heterocycles. The van der Waals surface area contributed by atoms with Gasteiger partial charge in [-0.2, -0.15) is 13.2 Å². The monoisotopic (exact) mass is 543 g/mol. The molecule has 4 amide bonds. The number of anilines is 1. The van der Waals surface area contributed by atoms with Gasteiger partial charge < -0.3 is 24.8 Å². The van der Waals surface area contributed by atoms with Gasteiger partial charge in [0.25, 0.3) is 5.91 Å². The lowest BCUT2D eigenvalue weighted by Gasteiger charge is -2.37. The molecule has 0 unspecified atom stereocenters. The number of benzene rings is 2. The Balaban J connectivity index is 1.30. The molecule has 3 aliphatic heterocycles. The highest BCUT2D eigenvalue weighted by Gasteiger charge is 2.46. The van der Waals surface area contributed by atoms with Gasteiger partial charge in [-0.25, -0.2) is 4.79 Å². The van der Waals surface area contributed by atoms with E-state index < -0.39 is 29.7 Å². The number of hydrogen-bond donors (Lipinski definition) is 1. The predicted octanol–water partition coefficient (Wildman–Crippen LogP) is 2.86. The summed E-state index contributed by atoms with van der Waals surface area (Å²) in [6.45, 7) is 1.74. The van der Waals surface area contributed by atoms with E-state index in [1.165, 1.54) is 35.0 Å². The number of rotatable bonds is 5. The van der Waals surface area contributed by atoms with E-state index in [-0.39, 0.29) is 30.1 Å². The van der Waals surface area contributed by atoms with Gasteiger partial charge in [-0.15, -0.1) is 0 Å². The lowest BCUT2D eigenvalue weighted by molar-refractivity contribution is -0.138. The zero-order valence-electron chi connectivity index (χ0n) is 21.5. The van der Waals surface area contributed by atoms with E-state index >= 15 is 0 Å². The Morgan fingerprint density at radius 2 is 1.69 bits per heavy atom. The van der Waals surface area contributed by atoms with E-state index in [1.807, 2.05) is 24.3 Å². The van der Waals surface area contributed by atoms with Gasteiger partial charge in [0, 0.05) is 33.2 Å². The van der Waals surface area contributed by atoms with Crippen LogP contribution in [0.4, 0.5) is 23.7 Å². The number of urea groups is 1. The first-order valence-electron chi connectivity index (χ1n) is 12.5. The van der Waals surface area contributed by atoms with Crippen LogP contribution in [0.25, 0.3) is 0 Å². The fourth-order valence-corrected chi connectivity index (χ4v) is 5.34. The summed E-state index contributed by atoms with van der Waals surface area (Å²) in [5.41, 5.74) is 0.126. The van der Waals surface area contributed by atoms with Crippen LogP contribution in [0.3, 0.4) is 0 Å². The first kappa shape index (κ1) is 26.4. The molecule has 1 atom stereocenters. The second kappa shape index (κ2) is 10.2. The van der Waals surface area contributed by atoms with Crippen molar-refractivity contribution in [2.45, 2.75) is 12.2 Å². The van der Waals surface area contributed by atoms with E-state index in [0.717, 1.165) is 17.5 Å². The molecule has 12 heteroatoms. The number of halogens is 3. The second-order valence-corrected chi connectivity index (χ2v) is 9.59. The predicted molar refractivity (Wildman–Crippen MR) is 136 cm³/mol. The zero-order valence-corrected chi connectivity index (χ0v) is 21.5. The molecular weight excluding hydrogens is 515 g/mol. The van der Waals surface area contributed by atoms with Crippen LogP contribution in [0.1, 0.15) is 17.2 Å². The van der Waals surface area contributed by atoms with Gasteiger partial charge in [0.2, 0.25) is 5.91 Å². The topological polar surface area (TPSA) is 85.4 Å². The summed E-state index contributed by atoms with van der Waals surface area (Å²) < 4.78 is 46.7. The maximum Gasteiger partial charge on any atom is 0.416 e. The molecule has 5 rings (SSSR count). The molecule has 0 aliphatic carbocycles. The average molecular weight is 544 g/mol. The van der Waals surface area contributed by atoms with E-state index in [1.54, 1.807) is 12.0 Å². The number of nitrogens with one attached hydrogen (secondary N) is 1. The maximum absolute atomic E-state index is 13.8. The van der Waals surface area contributed by atoms with Gasteiger partial charge in [0.15, 0.2) is 0 Å². The molecule has 1 N–H and O–H groups in total. The van der Waals surface area contributed by atoms with Crippen molar-refractivity contribution in [3.05, 3.63) is 70.9 Å². The van der Waals surface area contributed by atoms with E-state index in [0.29, 0.717) is 31.9 Å². The van der Waals surface area contributed by atoms with Crippen molar-refractivity contribution in [2.24, 2.45) is 0 Å². The Morgan fingerprint density at radius 3 is 2.38 bits per heavy atom. The molecule has 3 heterocycles. The number of nitrogens with zero attached hydrogens (tertiary/aromatic N) is 4. The quantitative estimate of drug-likeness (QED) is 0.627. The van der Waals surface area contributed by atoms with Crippen LogP contribution in [-0.2, 0) is 15.8 Å². The molecule has 39 heavy (non-hydrogen) atoms. The third-order valence-electron chi connectivity index (χ3n) is 7.40. The van der Waals surface area contributed by atoms with E-state index in [2.05, 4.69) is 10.2 Å². The number of ether oxygens (including phenoxy) is 1. The van der Waals surface area contributed by atoms with Crippen LogP contribution in [0.5, 0.6) is 5.75 Å². The highest BCUT2D eigenvalue weighted by Crippen LogP contribution is 2.41. The zero-order chi connectivity index (χ0) is 27.9. The van der Waals surface area contributed by atoms with Gasteiger partial charge in [0.05, 0.1) is 42.2 Å². The summed E-state index contributed by atoms with van der Waals surface area (Å²) in [5, 5.41) is 2.53. The fourth-order valence-electron chi connectivity index (χ4n) is 5.34. The molecule has 2 aromatic carbocycles. The van der Waals surface area contributed by atoms with Crippen LogP contribution in [0.15, 0.2) is 59.8 Å². The van der Waals surface area contributed by atoms with Gasteiger partial charge in [-0.05, 0) is 23.8 Å². The van der Waals surface area contributed by atoms with Gasteiger partial charge in [-0.3, -0.25) is 14.5 Å². The summed E-state index contributed by atoms with van der Waals surface area (Å²) in [4.78, 5) is 45.6. The number of carbonyl (C=O) groups is 3. The summed E-state index contributed by atoms with van der Waals surface area (Å²) in [7, 11) is 3.05. The molecule has 3 aliphatic rings. The Bertz CT molecular complexity index is 1340. The van der Waals surface area contributed by atoms with E-state index in [4.69, 9.17) is 4.74 Å². The Kier molecular flexibility index (Phi) is 6.87. The average Bonchev–Trinajstić information content (AvgIpc) is 3.26. The van der Waals surface area contributed by atoms with Crippen molar-refractivity contribution in [3.63, 3.8) is 0 Å². The van der Waals surface area contributed by atoms with Crippen LogP contribution < -0.4 is 15.0 Å². The van der Waals surface area contributed by atoms with Crippen molar-refractivity contribution in [1.82, 2.24) is 20.0 Å².